The number of rotatable bonds is 2. The molecule has 2 saturated heterocycles. The first kappa shape index (κ1) is 13.7. The van der Waals surface area contributed by atoms with E-state index in [0.717, 1.165) is 0 Å². The monoisotopic (exact) mass is 273 g/mol. The number of carboxylic acids is 1. The maximum absolute atomic E-state index is 12.5. The van der Waals surface area contributed by atoms with E-state index in [9.17, 15) is 9.59 Å². The van der Waals surface area contributed by atoms with E-state index >= 15 is 0 Å². The summed E-state index contributed by atoms with van der Waals surface area (Å²) in [5.41, 5.74) is 0. The fourth-order valence-electron chi connectivity index (χ4n) is 2.75. The van der Waals surface area contributed by atoms with Crippen molar-refractivity contribution >= 4 is 23.6 Å². The van der Waals surface area contributed by atoms with Crippen molar-refractivity contribution in [3.63, 3.8) is 0 Å². The van der Waals surface area contributed by atoms with Gasteiger partial charge in [0, 0.05) is 5.75 Å². The SMILES string of the molecule is CC1OC(C)C(C(=O)N2CSCC2C(=O)O)C1C. The molecular weight excluding hydrogens is 254 g/mol. The zero-order chi connectivity index (χ0) is 13.4. The van der Waals surface area contributed by atoms with Crippen molar-refractivity contribution < 1.29 is 19.4 Å². The predicted molar refractivity (Wildman–Crippen MR) is 68.3 cm³/mol. The van der Waals surface area contributed by atoms with Gasteiger partial charge in [0.05, 0.1) is 24.0 Å². The second-order valence-electron chi connectivity index (χ2n) is 5.09. The molecule has 2 rings (SSSR count). The third kappa shape index (κ3) is 2.23. The zero-order valence-electron chi connectivity index (χ0n) is 10.8. The summed E-state index contributed by atoms with van der Waals surface area (Å²) >= 11 is 1.49. The highest BCUT2D eigenvalue weighted by Gasteiger charge is 2.46. The van der Waals surface area contributed by atoms with Gasteiger partial charge in [0.1, 0.15) is 6.04 Å². The molecule has 0 aromatic rings. The van der Waals surface area contributed by atoms with E-state index in [0.29, 0.717) is 11.6 Å². The Labute approximate surface area is 111 Å². The van der Waals surface area contributed by atoms with E-state index in [1.807, 2.05) is 20.8 Å². The van der Waals surface area contributed by atoms with Gasteiger partial charge < -0.3 is 14.7 Å². The minimum absolute atomic E-state index is 0.0486. The molecule has 5 atom stereocenters. The van der Waals surface area contributed by atoms with Crippen LogP contribution < -0.4 is 0 Å². The summed E-state index contributed by atoms with van der Waals surface area (Å²) in [4.78, 5) is 25.1. The number of amides is 1. The van der Waals surface area contributed by atoms with Crippen molar-refractivity contribution in [2.45, 2.75) is 39.0 Å². The number of nitrogens with zero attached hydrogens (tertiary/aromatic N) is 1. The minimum Gasteiger partial charge on any atom is -0.480 e. The lowest BCUT2D eigenvalue weighted by molar-refractivity contribution is -0.150. The molecule has 0 saturated carbocycles. The van der Waals surface area contributed by atoms with E-state index in [1.165, 1.54) is 16.7 Å². The molecule has 1 amide bonds. The van der Waals surface area contributed by atoms with Crippen LogP contribution in [0.15, 0.2) is 0 Å². The summed E-state index contributed by atoms with van der Waals surface area (Å²) in [6.45, 7) is 5.85. The number of ether oxygens (including phenoxy) is 1. The first-order valence-electron chi connectivity index (χ1n) is 6.20. The molecule has 0 spiro atoms. The van der Waals surface area contributed by atoms with Crippen LogP contribution in [0.4, 0.5) is 0 Å². The van der Waals surface area contributed by atoms with Gasteiger partial charge in [-0.1, -0.05) is 6.92 Å². The smallest absolute Gasteiger partial charge is 0.327 e. The number of carboxylic acid groups (broad SMARTS) is 1. The molecule has 2 fully saturated rings. The summed E-state index contributed by atoms with van der Waals surface area (Å²) in [5.74, 6) is -0.127. The summed E-state index contributed by atoms with van der Waals surface area (Å²) in [7, 11) is 0. The molecule has 5 nitrogen and oxygen atoms in total. The summed E-state index contributed by atoms with van der Waals surface area (Å²) in [5, 5.41) is 9.12. The highest BCUT2D eigenvalue weighted by atomic mass is 32.2. The number of carbonyl (C=O) groups is 2. The fraction of sp³-hybridized carbons (Fsp3) is 0.833. The number of hydrogen-bond donors (Lipinski definition) is 1. The Morgan fingerprint density at radius 2 is 1.94 bits per heavy atom. The van der Waals surface area contributed by atoms with Gasteiger partial charge in [0.15, 0.2) is 0 Å². The standard InChI is InChI=1S/C12H19NO4S/c1-6-7(2)17-8(3)10(6)11(14)13-5-18-4-9(13)12(15)16/h6-10H,4-5H2,1-3H3,(H,15,16). The van der Waals surface area contributed by atoms with E-state index in [2.05, 4.69) is 0 Å². The second-order valence-corrected chi connectivity index (χ2v) is 6.09. The van der Waals surface area contributed by atoms with Gasteiger partial charge in [-0.05, 0) is 19.8 Å². The predicted octanol–water partition coefficient (Wildman–Crippen LogP) is 1.03. The average Bonchev–Trinajstić information content (AvgIpc) is 2.85. The van der Waals surface area contributed by atoms with Crippen LogP contribution in [0.3, 0.4) is 0 Å². The van der Waals surface area contributed by atoms with Crippen molar-refractivity contribution in [3.8, 4) is 0 Å². The lowest BCUT2D eigenvalue weighted by atomic mass is 9.88. The number of hydrogen-bond acceptors (Lipinski definition) is 4. The molecule has 5 unspecified atom stereocenters. The number of thioether (sulfide) groups is 1. The largest absolute Gasteiger partial charge is 0.480 e. The molecule has 6 heteroatoms. The molecule has 2 heterocycles. The molecule has 0 bridgehead atoms. The molecule has 0 aliphatic carbocycles. The number of aliphatic carboxylic acids is 1. The molecule has 18 heavy (non-hydrogen) atoms. The maximum Gasteiger partial charge on any atom is 0.327 e. The molecule has 2 aliphatic heterocycles. The summed E-state index contributed by atoms with van der Waals surface area (Å²) in [6, 6.07) is -0.683. The van der Waals surface area contributed by atoms with Gasteiger partial charge in [0.25, 0.3) is 0 Å². The van der Waals surface area contributed by atoms with Crippen LogP contribution in [0.2, 0.25) is 0 Å². The van der Waals surface area contributed by atoms with Crippen LogP contribution in [-0.4, -0.2) is 51.8 Å². The van der Waals surface area contributed by atoms with Crippen LogP contribution in [0.1, 0.15) is 20.8 Å². The van der Waals surface area contributed by atoms with Gasteiger partial charge in [-0.3, -0.25) is 4.79 Å². The van der Waals surface area contributed by atoms with Crippen molar-refractivity contribution in [2.24, 2.45) is 11.8 Å². The number of carbonyl (C=O) groups excluding carboxylic acids is 1. The lowest BCUT2D eigenvalue weighted by Crippen LogP contribution is -2.47. The van der Waals surface area contributed by atoms with Crippen molar-refractivity contribution in [3.05, 3.63) is 0 Å². The van der Waals surface area contributed by atoms with Crippen LogP contribution in [0.25, 0.3) is 0 Å². The minimum atomic E-state index is -0.916. The summed E-state index contributed by atoms with van der Waals surface area (Å²) < 4.78 is 5.66. The Kier molecular flexibility index (Phi) is 3.87. The van der Waals surface area contributed by atoms with Gasteiger partial charge in [0.2, 0.25) is 5.91 Å². The van der Waals surface area contributed by atoms with Crippen molar-refractivity contribution in [1.29, 1.82) is 0 Å². The third-order valence-electron chi connectivity index (χ3n) is 3.98. The third-order valence-corrected chi connectivity index (χ3v) is 4.99. The van der Waals surface area contributed by atoms with Crippen molar-refractivity contribution in [1.82, 2.24) is 4.90 Å². The Bertz CT molecular complexity index is 362. The van der Waals surface area contributed by atoms with E-state index in [-0.39, 0.29) is 30.0 Å². The Morgan fingerprint density at radius 3 is 2.44 bits per heavy atom. The molecular formula is C12H19NO4S. The van der Waals surface area contributed by atoms with Crippen molar-refractivity contribution in [2.75, 3.05) is 11.6 Å². The molecule has 1 N–H and O–H groups in total. The van der Waals surface area contributed by atoms with Crippen LogP contribution >= 0.6 is 11.8 Å². The quantitative estimate of drug-likeness (QED) is 0.814. The van der Waals surface area contributed by atoms with Gasteiger partial charge >= 0.3 is 5.97 Å². The van der Waals surface area contributed by atoms with Gasteiger partial charge in [-0.25, -0.2) is 4.79 Å². The summed E-state index contributed by atoms with van der Waals surface area (Å²) in [6.07, 6.45) is -0.0879. The first-order chi connectivity index (χ1) is 8.43. The highest BCUT2D eigenvalue weighted by Crippen LogP contribution is 2.35. The Hall–Kier alpha value is -0.750. The fourth-order valence-corrected chi connectivity index (χ4v) is 3.90. The Balaban J connectivity index is 2.14. The maximum atomic E-state index is 12.5. The van der Waals surface area contributed by atoms with E-state index < -0.39 is 12.0 Å². The van der Waals surface area contributed by atoms with Gasteiger partial charge in [-0.15, -0.1) is 11.8 Å². The zero-order valence-corrected chi connectivity index (χ0v) is 11.6. The second kappa shape index (κ2) is 5.09. The average molecular weight is 273 g/mol. The van der Waals surface area contributed by atoms with E-state index in [1.54, 1.807) is 0 Å². The molecule has 102 valence electrons. The highest BCUT2D eigenvalue weighted by molar-refractivity contribution is 7.99. The molecule has 2 aliphatic rings. The Morgan fingerprint density at radius 1 is 1.28 bits per heavy atom. The van der Waals surface area contributed by atoms with Crippen LogP contribution in [0.5, 0.6) is 0 Å². The van der Waals surface area contributed by atoms with Crippen LogP contribution in [0, 0.1) is 11.8 Å². The molecule has 0 aromatic heterocycles. The topological polar surface area (TPSA) is 66.8 Å². The molecule has 0 aromatic carbocycles. The van der Waals surface area contributed by atoms with E-state index in [4.69, 9.17) is 9.84 Å². The lowest BCUT2D eigenvalue weighted by Gasteiger charge is -2.27. The first-order valence-corrected chi connectivity index (χ1v) is 7.35. The normalized spacial score (nSPS) is 40.2. The van der Waals surface area contributed by atoms with Crippen LogP contribution in [-0.2, 0) is 14.3 Å². The van der Waals surface area contributed by atoms with Gasteiger partial charge in [-0.2, -0.15) is 0 Å². The molecule has 0 radical (unpaired) electrons.